The lowest BCUT2D eigenvalue weighted by atomic mass is 10.00. The maximum atomic E-state index is 11.7. The van der Waals surface area contributed by atoms with E-state index in [0.717, 1.165) is 36.5 Å². The van der Waals surface area contributed by atoms with E-state index in [1.807, 2.05) is 0 Å². The molecular weight excluding hydrogens is 264 g/mol. The summed E-state index contributed by atoms with van der Waals surface area (Å²) < 4.78 is 46.7. The molecule has 0 aromatic rings. The highest BCUT2D eigenvalue weighted by Crippen LogP contribution is 2.13. The Bertz CT molecular complexity index is 438. The fourth-order valence-electron chi connectivity index (χ4n) is 1.92. The quantitative estimate of drug-likeness (QED) is 0.718. The molecule has 8 heteroatoms. The van der Waals surface area contributed by atoms with Gasteiger partial charge in [-0.15, -0.1) is 0 Å². The lowest BCUT2D eigenvalue weighted by Crippen LogP contribution is -2.40. The Labute approximate surface area is 103 Å². The van der Waals surface area contributed by atoms with Crippen LogP contribution >= 0.6 is 0 Å². The van der Waals surface area contributed by atoms with Gasteiger partial charge in [0.2, 0.25) is 10.0 Å². The summed E-state index contributed by atoms with van der Waals surface area (Å²) in [6, 6.07) is 0. The molecule has 1 N–H and O–H groups in total. The van der Waals surface area contributed by atoms with Gasteiger partial charge in [-0.3, -0.25) is 0 Å². The zero-order chi connectivity index (χ0) is 13.1. The highest BCUT2D eigenvalue weighted by Gasteiger charge is 2.26. The second kappa shape index (κ2) is 5.64. The van der Waals surface area contributed by atoms with Crippen LogP contribution in [0.15, 0.2) is 0 Å². The van der Waals surface area contributed by atoms with Crippen molar-refractivity contribution in [2.45, 2.75) is 12.8 Å². The molecule has 1 saturated heterocycles. The maximum absolute atomic E-state index is 11.7. The Morgan fingerprint density at radius 1 is 1.29 bits per heavy atom. The molecule has 0 amide bonds. The van der Waals surface area contributed by atoms with E-state index < -0.39 is 24.9 Å². The Balaban J connectivity index is 2.59. The number of nitrogens with zero attached hydrogens (tertiary/aromatic N) is 1. The third-order valence-electron chi connectivity index (χ3n) is 2.75. The minimum absolute atomic E-state index is 0.267. The first-order valence-electron chi connectivity index (χ1n) is 5.53. The molecule has 0 spiro atoms. The molecule has 1 atom stereocenters. The molecule has 1 aliphatic rings. The normalized spacial score (nSPS) is 22.9. The van der Waals surface area contributed by atoms with Gasteiger partial charge in [-0.25, -0.2) is 21.1 Å². The van der Waals surface area contributed by atoms with Gasteiger partial charge < -0.3 is 5.32 Å². The largest absolute Gasteiger partial charge is 0.316 e. The summed E-state index contributed by atoms with van der Waals surface area (Å²) in [5.74, 6) is 0.267. The summed E-state index contributed by atoms with van der Waals surface area (Å²) in [6.45, 7) is 2.14. The monoisotopic (exact) mass is 284 g/mol. The smallest absolute Gasteiger partial charge is 0.228 e. The van der Waals surface area contributed by atoms with Gasteiger partial charge in [0.1, 0.15) is 0 Å². The molecule has 0 aromatic heterocycles. The summed E-state index contributed by atoms with van der Waals surface area (Å²) in [4.78, 5) is 0. The number of piperidine rings is 1. The van der Waals surface area contributed by atoms with Gasteiger partial charge in [0.25, 0.3) is 0 Å². The van der Waals surface area contributed by atoms with Gasteiger partial charge in [-0.1, -0.05) is 0 Å². The average Bonchev–Trinajstić information content (AvgIpc) is 2.15. The van der Waals surface area contributed by atoms with Crippen molar-refractivity contribution in [1.29, 1.82) is 0 Å². The lowest BCUT2D eigenvalue weighted by molar-refractivity contribution is 0.315. The van der Waals surface area contributed by atoms with Gasteiger partial charge in [0.05, 0.1) is 0 Å². The van der Waals surface area contributed by atoms with Crippen LogP contribution < -0.4 is 5.32 Å². The molecule has 17 heavy (non-hydrogen) atoms. The van der Waals surface area contributed by atoms with Gasteiger partial charge in [-0.2, -0.15) is 0 Å². The Morgan fingerprint density at radius 2 is 1.94 bits per heavy atom. The Kier molecular flexibility index (Phi) is 4.94. The van der Waals surface area contributed by atoms with Crippen molar-refractivity contribution in [1.82, 2.24) is 9.62 Å². The maximum Gasteiger partial charge on any atom is 0.228 e. The molecule has 0 aromatic carbocycles. The van der Waals surface area contributed by atoms with Crippen LogP contribution in [0.1, 0.15) is 12.8 Å². The van der Waals surface area contributed by atoms with Gasteiger partial charge >= 0.3 is 0 Å². The highest BCUT2D eigenvalue weighted by molar-refractivity contribution is 8.06. The van der Waals surface area contributed by atoms with E-state index in [4.69, 9.17) is 0 Å². The first kappa shape index (κ1) is 14.9. The molecular formula is C9H20N2O4S2. The van der Waals surface area contributed by atoms with E-state index in [1.54, 1.807) is 0 Å². The molecule has 1 aliphatic heterocycles. The van der Waals surface area contributed by atoms with Gasteiger partial charge in [-0.05, 0) is 31.8 Å². The first-order valence-corrected chi connectivity index (χ1v) is 9.20. The van der Waals surface area contributed by atoms with E-state index in [0.29, 0.717) is 6.54 Å². The van der Waals surface area contributed by atoms with Crippen LogP contribution in [0.25, 0.3) is 0 Å². The second-order valence-corrected chi connectivity index (χ2v) is 9.23. The van der Waals surface area contributed by atoms with Gasteiger partial charge in [0, 0.05) is 19.8 Å². The summed E-state index contributed by atoms with van der Waals surface area (Å²) in [5, 5.41) is 2.39. The number of sulfonamides is 1. The van der Waals surface area contributed by atoms with E-state index in [2.05, 4.69) is 5.32 Å². The van der Waals surface area contributed by atoms with Crippen molar-refractivity contribution in [2.24, 2.45) is 5.92 Å². The Hall–Kier alpha value is -0.180. The van der Waals surface area contributed by atoms with Crippen LogP contribution in [0, 0.1) is 5.92 Å². The number of sulfone groups is 1. The number of hydrogen-bond donors (Lipinski definition) is 1. The summed E-state index contributed by atoms with van der Waals surface area (Å²) >= 11 is 0. The van der Waals surface area contributed by atoms with E-state index >= 15 is 0 Å². The molecule has 102 valence electrons. The number of nitrogens with one attached hydrogen (secondary N) is 1. The molecule has 1 fully saturated rings. The predicted molar refractivity (Wildman–Crippen MR) is 66.9 cm³/mol. The van der Waals surface area contributed by atoms with Crippen LogP contribution in [-0.4, -0.2) is 59.2 Å². The van der Waals surface area contributed by atoms with Crippen molar-refractivity contribution in [2.75, 3.05) is 38.0 Å². The van der Waals surface area contributed by atoms with Crippen molar-refractivity contribution < 1.29 is 16.8 Å². The van der Waals surface area contributed by atoms with Crippen LogP contribution in [0.5, 0.6) is 0 Å². The van der Waals surface area contributed by atoms with E-state index in [9.17, 15) is 16.8 Å². The zero-order valence-electron chi connectivity index (χ0n) is 10.2. The van der Waals surface area contributed by atoms with Crippen molar-refractivity contribution in [3.63, 3.8) is 0 Å². The molecule has 1 unspecified atom stereocenters. The van der Waals surface area contributed by atoms with Crippen LogP contribution in [-0.2, 0) is 19.9 Å². The minimum Gasteiger partial charge on any atom is -0.316 e. The van der Waals surface area contributed by atoms with Crippen molar-refractivity contribution >= 4 is 19.9 Å². The summed E-state index contributed by atoms with van der Waals surface area (Å²) in [6.07, 6.45) is 2.94. The van der Waals surface area contributed by atoms with Crippen LogP contribution in [0.3, 0.4) is 0 Å². The molecule has 0 radical (unpaired) electrons. The van der Waals surface area contributed by atoms with E-state index in [1.165, 1.54) is 7.05 Å². The first-order chi connectivity index (χ1) is 7.71. The van der Waals surface area contributed by atoms with Crippen LogP contribution in [0.4, 0.5) is 0 Å². The molecule has 1 heterocycles. The fraction of sp³-hybridized carbons (Fsp3) is 1.00. The lowest BCUT2D eigenvalue weighted by Gasteiger charge is -2.27. The Morgan fingerprint density at radius 3 is 2.41 bits per heavy atom. The summed E-state index contributed by atoms with van der Waals surface area (Å²) in [7, 11) is -5.77. The third-order valence-corrected chi connectivity index (χ3v) is 6.75. The number of rotatable bonds is 5. The molecule has 6 nitrogen and oxygen atoms in total. The molecule has 1 rings (SSSR count). The fourth-order valence-corrected chi connectivity index (χ4v) is 5.24. The third kappa shape index (κ3) is 5.33. The zero-order valence-corrected chi connectivity index (χ0v) is 11.8. The highest BCUT2D eigenvalue weighted by atomic mass is 32.3. The van der Waals surface area contributed by atoms with E-state index in [-0.39, 0.29) is 5.92 Å². The minimum atomic E-state index is -3.70. The average molecular weight is 284 g/mol. The molecule has 0 bridgehead atoms. The molecule has 0 aliphatic carbocycles. The topological polar surface area (TPSA) is 83.6 Å². The standard InChI is InChI=1S/C9H20N2O4S2/c1-11(7-9-4-3-5-10-6-9)17(14,15)8-16(2,12)13/h9-10H,3-8H2,1-2H3. The van der Waals surface area contributed by atoms with Crippen LogP contribution in [0.2, 0.25) is 0 Å². The number of hydrogen-bond acceptors (Lipinski definition) is 5. The van der Waals surface area contributed by atoms with Crippen molar-refractivity contribution in [3.8, 4) is 0 Å². The molecule has 0 saturated carbocycles. The summed E-state index contributed by atoms with van der Waals surface area (Å²) in [5.41, 5.74) is 0. The SMILES string of the molecule is CN(CC1CCCNC1)S(=O)(=O)CS(C)(=O)=O. The van der Waals surface area contributed by atoms with Crippen molar-refractivity contribution in [3.05, 3.63) is 0 Å². The second-order valence-electron chi connectivity index (χ2n) is 4.65. The van der Waals surface area contributed by atoms with Gasteiger partial charge in [0.15, 0.2) is 14.9 Å². The predicted octanol–water partition coefficient (Wildman–Crippen LogP) is -0.750.